The molecule has 0 bridgehead atoms. The summed E-state index contributed by atoms with van der Waals surface area (Å²) in [7, 11) is 0. The lowest BCUT2D eigenvalue weighted by molar-refractivity contribution is -0.133. The number of fused-ring (bicyclic) bond motifs is 1. The standard InChI is InChI=1S/C16H18N4O2/c21-15(11-3-4-11)19-8-5-12(6-9-19)20-10-18-14-13(16(20)22)2-1-7-17-14/h1-2,7,10-12H,3-6,8-9H2. The molecule has 2 aromatic heterocycles. The number of piperidine rings is 1. The molecular weight excluding hydrogens is 280 g/mol. The topological polar surface area (TPSA) is 68.1 Å². The Morgan fingerprint density at radius 1 is 1.14 bits per heavy atom. The highest BCUT2D eigenvalue weighted by Crippen LogP contribution is 2.33. The minimum absolute atomic E-state index is 0.0370. The quantitative estimate of drug-likeness (QED) is 0.839. The summed E-state index contributed by atoms with van der Waals surface area (Å²) in [6.45, 7) is 1.47. The van der Waals surface area contributed by atoms with Crippen molar-refractivity contribution in [1.29, 1.82) is 0 Å². The van der Waals surface area contributed by atoms with Crippen LogP contribution in [0.4, 0.5) is 0 Å². The predicted molar refractivity (Wildman–Crippen MR) is 81.4 cm³/mol. The molecule has 0 atom stereocenters. The van der Waals surface area contributed by atoms with Gasteiger partial charge in [0, 0.05) is 31.2 Å². The van der Waals surface area contributed by atoms with E-state index in [-0.39, 0.29) is 17.5 Å². The summed E-state index contributed by atoms with van der Waals surface area (Å²) < 4.78 is 1.71. The van der Waals surface area contributed by atoms with Crippen molar-refractivity contribution < 1.29 is 4.79 Å². The van der Waals surface area contributed by atoms with Crippen molar-refractivity contribution in [2.75, 3.05) is 13.1 Å². The van der Waals surface area contributed by atoms with E-state index in [0.29, 0.717) is 16.9 Å². The van der Waals surface area contributed by atoms with Gasteiger partial charge in [-0.25, -0.2) is 9.97 Å². The van der Waals surface area contributed by atoms with E-state index in [9.17, 15) is 9.59 Å². The van der Waals surface area contributed by atoms with Crippen LogP contribution in [-0.4, -0.2) is 38.4 Å². The lowest BCUT2D eigenvalue weighted by Gasteiger charge is -2.32. The monoisotopic (exact) mass is 298 g/mol. The van der Waals surface area contributed by atoms with E-state index in [4.69, 9.17) is 0 Å². The second-order valence-corrected chi connectivity index (χ2v) is 6.16. The fourth-order valence-corrected chi connectivity index (χ4v) is 3.19. The van der Waals surface area contributed by atoms with Crippen LogP contribution >= 0.6 is 0 Å². The highest BCUT2D eigenvalue weighted by molar-refractivity contribution is 5.81. The van der Waals surface area contributed by atoms with E-state index in [1.807, 2.05) is 4.90 Å². The van der Waals surface area contributed by atoms with E-state index in [1.54, 1.807) is 29.2 Å². The molecule has 1 saturated carbocycles. The third-order valence-corrected chi connectivity index (χ3v) is 4.65. The van der Waals surface area contributed by atoms with Crippen LogP contribution in [-0.2, 0) is 4.79 Å². The molecule has 0 aromatic carbocycles. The maximum Gasteiger partial charge on any atom is 0.263 e. The molecule has 0 N–H and O–H groups in total. The Labute approximate surface area is 127 Å². The van der Waals surface area contributed by atoms with E-state index >= 15 is 0 Å². The molecule has 1 amide bonds. The molecule has 6 nitrogen and oxygen atoms in total. The van der Waals surface area contributed by atoms with E-state index in [0.717, 1.165) is 38.8 Å². The summed E-state index contributed by atoms with van der Waals surface area (Å²) in [5.41, 5.74) is 0.454. The van der Waals surface area contributed by atoms with Gasteiger partial charge in [-0.3, -0.25) is 14.2 Å². The first-order valence-electron chi connectivity index (χ1n) is 7.84. The molecule has 22 heavy (non-hydrogen) atoms. The first-order valence-corrected chi connectivity index (χ1v) is 7.84. The average Bonchev–Trinajstić information content (AvgIpc) is 3.40. The Morgan fingerprint density at radius 2 is 1.91 bits per heavy atom. The lowest BCUT2D eigenvalue weighted by atomic mass is 10.0. The lowest BCUT2D eigenvalue weighted by Crippen LogP contribution is -2.41. The van der Waals surface area contributed by atoms with Crippen LogP contribution < -0.4 is 5.56 Å². The minimum atomic E-state index is -0.0370. The molecule has 6 heteroatoms. The molecule has 0 unspecified atom stereocenters. The number of carbonyl (C=O) groups excluding carboxylic acids is 1. The number of nitrogens with zero attached hydrogens (tertiary/aromatic N) is 4. The van der Waals surface area contributed by atoms with Gasteiger partial charge in [-0.1, -0.05) is 0 Å². The predicted octanol–water partition coefficient (Wildman–Crippen LogP) is 1.36. The maximum absolute atomic E-state index is 12.6. The highest BCUT2D eigenvalue weighted by atomic mass is 16.2. The van der Waals surface area contributed by atoms with Crippen molar-refractivity contribution in [3.05, 3.63) is 35.0 Å². The van der Waals surface area contributed by atoms with Crippen LogP contribution in [0.1, 0.15) is 31.7 Å². The molecule has 1 saturated heterocycles. The number of pyridine rings is 1. The van der Waals surface area contributed by atoms with Crippen molar-refractivity contribution >= 4 is 16.9 Å². The van der Waals surface area contributed by atoms with Gasteiger partial charge in [0.2, 0.25) is 5.91 Å². The van der Waals surface area contributed by atoms with Gasteiger partial charge in [0.1, 0.15) is 6.33 Å². The number of likely N-dealkylation sites (tertiary alicyclic amines) is 1. The summed E-state index contributed by atoms with van der Waals surface area (Å²) >= 11 is 0. The molecule has 0 spiro atoms. The molecular formula is C16H18N4O2. The zero-order valence-electron chi connectivity index (χ0n) is 12.3. The average molecular weight is 298 g/mol. The fourth-order valence-electron chi connectivity index (χ4n) is 3.19. The smallest absolute Gasteiger partial charge is 0.263 e. The Morgan fingerprint density at radius 3 is 2.64 bits per heavy atom. The molecule has 2 aliphatic rings. The van der Waals surface area contributed by atoms with Crippen LogP contribution in [0.25, 0.3) is 11.0 Å². The Bertz CT molecular complexity index is 773. The van der Waals surface area contributed by atoms with Gasteiger partial charge in [0.05, 0.1) is 5.39 Å². The van der Waals surface area contributed by atoms with Gasteiger partial charge >= 0.3 is 0 Å². The summed E-state index contributed by atoms with van der Waals surface area (Å²) in [4.78, 5) is 35.0. The van der Waals surface area contributed by atoms with Gasteiger partial charge < -0.3 is 4.90 Å². The zero-order chi connectivity index (χ0) is 15.1. The third-order valence-electron chi connectivity index (χ3n) is 4.65. The first-order chi connectivity index (χ1) is 10.7. The van der Waals surface area contributed by atoms with Crippen molar-refractivity contribution in [2.45, 2.75) is 31.7 Å². The summed E-state index contributed by atoms with van der Waals surface area (Å²) in [6, 6.07) is 3.64. The fraction of sp³-hybridized carbons (Fsp3) is 0.500. The Hall–Kier alpha value is -2.24. The molecule has 2 aromatic rings. The van der Waals surface area contributed by atoms with Crippen molar-refractivity contribution in [2.24, 2.45) is 5.92 Å². The van der Waals surface area contributed by atoms with Crippen LogP contribution in [0.15, 0.2) is 29.5 Å². The Kier molecular flexibility index (Phi) is 3.17. The van der Waals surface area contributed by atoms with Gasteiger partial charge in [-0.2, -0.15) is 0 Å². The number of rotatable bonds is 2. The van der Waals surface area contributed by atoms with E-state index in [2.05, 4.69) is 9.97 Å². The van der Waals surface area contributed by atoms with Crippen LogP contribution in [0.2, 0.25) is 0 Å². The molecule has 2 fully saturated rings. The van der Waals surface area contributed by atoms with E-state index in [1.165, 1.54) is 0 Å². The van der Waals surface area contributed by atoms with Crippen molar-refractivity contribution in [1.82, 2.24) is 19.4 Å². The van der Waals surface area contributed by atoms with E-state index < -0.39 is 0 Å². The minimum Gasteiger partial charge on any atom is -0.342 e. The second kappa shape index (κ2) is 5.19. The van der Waals surface area contributed by atoms with Crippen LogP contribution in [0.3, 0.4) is 0 Å². The zero-order valence-corrected chi connectivity index (χ0v) is 12.3. The number of amides is 1. The molecule has 3 heterocycles. The highest BCUT2D eigenvalue weighted by Gasteiger charge is 2.35. The molecule has 114 valence electrons. The Balaban J connectivity index is 1.55. The molecule has 4 rings (SSSR count). The summed E-state index contributed by atoms with van der Waals surface area (Å²) in [5, 5.41) is 0.557. The SMILES string of the molecule is O=C(C1CC1)N1CCC(n2cnc3ncccc3c2=O)CC1. The second-order valence-electron chi connectivity index (χ2n) is 6.16. The number of aromatic nitrogens is 3. The number of hydrogen-bond donors (Lipinski definition) is 0. The van der Waals surface area contributed by atoms with Gasteiger partial charge in [0.15, 0.2) is 5.65 Å². The van der Waals surface area contributed by atoms with Crippen molar-refractivity contribution in [3.63, 3.8) is 0 Å². The van der Waals surface area contributed by atoms with Gasteiger partial charge in [-0.05, 0) is 37.8 Å². The largest absolute Gasteiger partial charge is 0.342 e. The summed E-state index contributed by atoms with van der Waals surface area (Å²) in [6.07, 6.45) is 6.94. The van der Waals surface area contributed by atoms with Gasteiger partial charge in [0.25, 0.3) is 5.56 Å². The third kappa shape index (κ3) is 2.28. The molecule has 1 aliphatic heterocycles. The normalized spacial score (nSPS) is 19.5. The molecule has 1 aliphatic carbocycles. The number of hydrogen-bond acceptors (Lipinski definition) is 4. The van der Waals surface area contributed by atoms with Gasteiger partial charge in [-0.15, -0.1) is 0 Å². The molecule has 0 radical (unpaired) electrons. The van der Waals surface area contributed by atoms with Crippen molar-refractivity contribution in [3.8, 4) is 0 Å². The maximum atomic E-state index is 12.6. The van der Waals surface area contributed by atoms with Crippen LogP contribution in [0, 0.1) is 5.92 Å². The first kappa shape index (κ1) is 13.4. The summed E-state index contributed by atoms with van der Waals surface area (Å²) in [5.74, 6) is 0.569. The number of carbonyl (C=O) groups is 1. The van der Waals surface area contributed by atoms with Crippen LogP contribution in [0.5, 0.6) is 0 Å².